The number of hydrogen-bond acceptors (Lipinski definition) is 2. The van der Waals surface area contributed by atoms with E-state index in [0.717, 1.165) is 36.8 Å². The molecule has 0 fully saturated rings. The Hall–Kier alpha value is -1.58. The Morgan fingerprint density at radius 1 is 1.42 bits per heavy atom. The molecule has 0 aliphatic heterocycles. The van der Waals surface area contributed by atoms with Crippen molar-refractivity contribution in [2.24, 2.45) is 5.92 Å². The Labute approximate surface area is 111 Å². The van der Waals surface area contributed by atoms with Gasteiger partial charge in [0.1, 0.15) is 6.29 Å². The molecule has 4 heteroatoms. The summed E-state index contributed by atoms with van der Waals surface area (Å²) in [6, 6.07) is 1.54. The van der Waals surface area contributed by atoms with E-state index in [4.69, 9.17) is 0 Å². The van der Waals surface area contributed by atoms with Crippen molar-refractivity contribution in [3.05, 3.63) is 41.7 Å². The second kappa shape index (κ2) is 5.59. The average Bonchev–Trinajstić information content (AvgIpc) is 2.61. The van der Waals surface area contributed by atoms with Gasteiger partial charge in [-0.15, -0.1) is 0 Å². The van der Waals surface area contributed by atoms with E-state index in [9.17, 15) is 13.6 Å². The molecular weight excluding hydrogens is 248 g/mol. The third kappa shape index (κ3) is 3.06. The minimum absolute atomic E-state index is 0.102. The summed E-state index contributed by atoms with van der Waals surface area (Å²) in [5.74, 6) is -2.69. The molecule has 1 atom stereocenters. The lowest BCUT2D eigenvalue weighted by Gasteiger charge is -2.14. The Kier molecular flexibility index (Phi) is 4.08. The van der Waals surface area contributed by atoms with Crippen molar-refractivity contribution < 1.29 is 13.6 Å². The highest BCUT2D eigenvalue weighted by molar-refractivity contribution is 5.49. The maximum absolute atomic E-state index is 13.5. The maximum Gasteiger partial charge on any atom is 0.292 e. The molecule has 0 aromatic carbocycles. The van der Waals surface area contributed by atoms with Crippen molar-refractivity contribution in [3.63, 3.8) is 0 Å². The van der Waals surface area contributed by atoms with Crippen LogP contribution in [0.1, 0.15) is 36.1 Å². The van der Waals surface area contributed by atoms with E-state index in [1.165, 1.54) is 12.3 Å². The van der Waals surface area contributed by atoms with Crippen LogP contribution in [0.3, 0.4) is 0 Å². The molecule has 0 bridgehead atoms. The summed E-state index contributed by atoms with van der Waals surface area (Å²) in [6.45, 7) is 3.16. The van der Waals surface area contributed by atoms with Crippen LogP contribution in [0.15, 0.2) is 24.9 Å². The van der Waals surface area contributed by atoms with E-state index in [1.807, 2.05) is 0 Å². The zero-order valence-corrected chi connectivity index (χ0v) is 10.7. The molecule has 0 radical (unpaired) electrons. The molecule has 1 aliphatic carbocycles. The lowest BCUT2D eigenvalue weighted by Crippen LogP contribution is -2.11. The van der Waals surface area contributed by atoms with Gasteiger partial charge in [0, 0.05) is 23.9 Å². The van der Waals surface area contributed by atoms with Gasteiger partial charge in [-0.05, 0) is 49.3 Å². The van der Waals surface area contributed by atoms with Gasteiger partial charge in [0.05, 0.1) is 0 Å². The van der Waals surface area contributed by atoms with Crippen LogP contribution in [0.4, 0.5) is 8.78 Å². The summed E-state index contributed by atoms with van der Waals surface area (Å²) in [6.07, 6.45) is 6.58. The number of fused-ring (bicyclic) bond motifs is 1. The molecule has 0 amide bonds. The van der Waals surface area contributed by atoms with Crippen molar-refractivity contribution in [2.75, 3.05) is 0 Å². The molecule has 1 aromatic heterocycles. The minimum atomic E-state index is -3.03. The maximum atomic E-state index is 13.5. The molecule has 0 N–H and O–H groups in total. The van der Waals surface area contributed by atoms with Crippen LogP contribution in [-0.2, 0) is 23.6 Å². The number of rotatable bonds is 4. The van der Waals surface area contributed by atoms with Crippen molar-refractivity contribution in [2.45, 2.75) is 38.0 Å². The standard InChI is InChI=1S/C15H17F2NO/c1-2-15(16,17)13-9-12-5-3-11(7-8-19)4-6-14(12)18-10-13/h2,8-11H,1,3-7H2. The zero-order chi connectivity index (χ0) is 13.9. The summed E-state index contributed by atoms with van der Waals surface area (Å²) in [7, 11) is 0. The molecule has 0 saturated carbocycles. The molecule has 2 rings (SSSR count). The van der Waals surface area contributed by atoms with Crippen molar-refractivity contribution in [1.82, 2.24) is 4.98 Å². The van der Waals surface area contributed by atoms with Gasteiger partial charge in [-0.1, -0.05) is 6.58 Å². The average molecular weight is 265 g/mol. The predicted molar refractivity (Wildman–Crippen MR) is 69.1 cm³/mol. The molecule has 102 valence electrons. The third-order valence-electron chi connectivity index (χ3n) is 3.74. The van der Waals surface area contributed by atoms with Gasteiger partial charge < -0.3 is 4.79 Å². The van der Waals surface area contributed by atoms with Crippen molar-refractivity contribution in [3.8, 4) is 0 Å². The predicted octanol–water partition coefficient (Wildman–Crippen LogP) is 3.44. The topological polar surface area (TPSA) is 30.0 Å². The molecule has 1 aliphatic rings. The summed E-state index contributed by atoms with van der Waals surface area (Å²) in [5.41, 5.74) is 1.67. The number of carbonyl (C=O) groups excluding carboxylic acids is 1. The lowest BCUT2D eigenvalue weighted by atomic mass is 9.97. The number of allylic oxidation sites excluding steroid dienone is 1. The molecule has 1 aromatic rings. The van der Waals surface area contributed by atoms with Gasteiger partial charge >= 0.3 is 0 Å². The molecular formula is C15H17F2NO. The highest BCUT2D eigenvalue weighted by Crippen LogP contribution is 2.32. The first-order chi connectivity index (χ1) is 9.06. The van der Waals surface area contributed by atoms with Crippen LogP contribution >= 0.6 is 0 Å². The largest absolute Gasteiger partial charge is 0.303 e. The fraction of sp³-hybridized carbons (Fsp3) is 0.467. The van der Waals surface area contributed by atoms with E-state index in [2.05, 4.69) is 11.6 Å². The van der Waals surface area contributed by atoms with Gasteiger partial charge in [0.2, 0.25) is 0 Å². The fourth-order valence-corrected chi connectivity index (χ4v) is 2.50. The first-order valence-corrected chi connectivity index (χ1v) is 6.50. The Bertz CT molecular complexity index is 485. The molecule has 1 unspecified atom stereocenters. The Morgan fingerprint density at radius 2 is 2.16 bits per heavy atom. The number of nitrogens with zero attached hydrogens (tertiary/aromatic N) is 1. The van der Waals surface area contributed by atoms with E-state index in [0.29, 0.717) is 24.8 Å². The number of carbonyl (C=O) groups is 1. The van der Waals surface area contributed by atoms with Gasteiger partial charge in [-0.25, -0.2) is 0 Å². The second-order valence-corrected chi connectivity index (χ2v) is 5.00. The number of aromatic nitrogens is 1. The van der Waals surface area contributed by atoms with E-state index < -0.39 is 5.92 Å². The molecule has 2 nitrogen and oxygen atoms in total. The first kappa shape index (κ1) is 13.8. The highest BCUT2D eigenvalue weighted by Gasteiger charge is 2.29. The number of alkyl halides is 2. The first-order valence-electron chi connectivity index (χ1n) is 6.50. The molecule has 1 heterocycles. The van der Waals surface area contributed by atoms with Crippen LogP contribution in [0.2, 0.25) is 0 Å². The third-order valence-corrected chi connectivity index (χ3v) is 3.74. The second-order valence-electron chi connectivity index (χ2n) is 5.00. The zero-order valence-electron chi connectivity index (χ0n) is 10.7. The van der Waals surface area contributed by atoms with Gasteiger partial charge in [0.15, 0.2) is 0 Å². The number of halogens is 2. The number of aldehydes is 1. The van der Waals surface area contributed by atoms with Crippen LogP contribution in [0.5, 0.6) is 0 Å². The van der Waals surface area contributed by atoms with Crippen LogP contribution in [0.25, 0.3) is 0 Å². The van der Waals surface area contributed by atoms with Crippen molar-refractivity contribution in [1.29, 1.82) is 0 Å². The number of aryl methyl sites for hydroxylation is 2. The monoisotopic (exact) mass is 265 g/mol. The smallest absolute Gasteiger partial charge is 0.292 e. The SMILES string of the molecule is C=CC(F)(F)c1cnc2c(c1)CCC(CC=O)CC2. The Balaban J connectivity index is 2.23. The van der Waals surface area contributed by atoms with Crippen LogP contribution < -0.4 is 0 Å². The quantitative estimate of drug-likeness (QED) is 0.474. The normalized spacial score (nSPS) is 19.4. The highest BCUT2D eigenvalue weighted by atomic mass is 19.3. The van der Waals surface area contributed by atoms with Crippen LogP contribution in [0, 0.1) is 5.92 Å². The van der Waals surface area contributed by atoms with Crippen molar-refractivity contribution >= 4 is 6.29 Å². The van der Waals surface area contributed by atoms with E-state index in [-0.39, 0.29) is 5.56 Å². The summed E-state index contributed by atoms with van der Waals surface area (Å²) < 4.78 is 27.1. The molecule has 0 spiro atoms. The lowest BCUT2D eigenvalue weighted by molar-refractivity contribution is -0.108. The number of pyridine rings is 1. The fourth-order valence-electron chi connectivity index (χ4n) is 2.50. The molecule has 19 heavy (non-hydrogen) atoms. The van der Waals surface area contributed by atoms with Gasteiger partial charge in [-0.2, -0.15) is 8.78 Å². The van der Waals surface area contributed by atoms with Gasteiger partial charge in [0.25, 0.3) is 5.92 Å². The molecule has 0 saturated heterocycles. The van der Waals surface area contributed by atoms with E-state index in [1.54, 1.807) is 0 Å². The van der Waals surface area contributed by atoms with Gasteiger partial charge in [-0.3, -0.25) is 4.98 Å². The summed E-state index contributed by atoms with van der Waals surface area (Å²) in [5, 5.41) is 0. The van der Waals surface area contributed by atoms with E-state index >= 15 is 0 Å². The summed E-state index contributed by atoms with van der Waals surface area (Å²) in [4.78, 5) is 14.7. The number of hydrogen-bond donors (Lipinski definition) is 0. The Morgan fingerprint density at radius 3 is 2.84 bits per heavy atom. The van der Waals surface area contributed by atoms with Crippen LogP contribution in [-0.4, -0.2) is 11.3 Å². The summed E-state index contributed by atoms with van der Waals surface area (Å²) >= 11 is 0. The minimum Gasteiger partial charge on any atom is -0.303 e.